The van der Waals surface area contributed by atoms with Crippen molar-refractivity contribution in [3.05, 3.63) is 23.4 Å². The molecule has 0 aromatic carbocycles. The molecule has 2 N–H and O–H groups in total. The second-order valence-corrected chi connectivity index (χ2v) is 3.70. The summed E-state index contributed by atoms with van der Waals surface area (Å²) in [6, 6.07) is 1.98. The fraction of sp³-hybridized carbons (Fsp3) is 0.583. The van der Waals surface area contributed by atoms with Gasteiger partial charge in [-0.05, 0) is 37.0 Å². The number of hydrogen-bond donors (Lipinski definition) is 1. The van der Waals surface area contributed by atoms with Crippen LogP contribution in [0.25, 0.3) is 0 Å². The third-order valence-electron chi connectivity index (χ3n) is 2.47. The van der Waals surface area contributed by atoms with Gasteiger partial charge in [-0.15, -0.1) is 0 Å². The fourth-order valence-corrected chi connectivity index (χ4v) is 1.53. The van der Waals surface area contributed by atoms with Crippen molar-refractivity contribution < 1.29 is 9.47 Å². The predicted octanol–water partition coefficient (Wildman–Crippen LogP) is 1.57. The van der Waals surface area contributed by atoms with Crippen molar-refractivity contribution in [2.24, 2.45) is 0 Å². The lowest BCUT2D eigenvalue weighted by molar-refractivity contribution is 0.0695. The highest BCUT2D eigenvalue weighted by molar-refractivity contribution is 5.43. The van der Waals surface area contributed by atoms with E-state index < -0.39 is 0 Å². The predicted molar refractivity (Wildman–Crippen MR) is 64.4 cm³/mol. The van der Waals surface area contributed by atoms with E-state index in [-0.39, 0.29) is 0 Å². The lowest BCUT2D eigenvalue weighted by Gasteiger charge is -2.08. The van der Waals surface area contributed by atoms with E-state index in [4.69, 9.17) is 15.2 Å². The fourth-order valence-electron chi connectivity index (χ4n) is 1.53. The van der Waals surface area contributed by atoms with Gasteiger partial charge in [-0.1, -0.05) is 0 Å². The van der Waals surface area contributed by atoms with Crippen LogP contribution >= 0.6 is 0 Å². The van der Waals surface area contributed by atoms with E-state index in [1.165, 1.54) is 5.56 Å². The van der Waals surface area contributed by atoms with E-state index >= 15 is 0 Å². The average Bonchev–Trinajstić information content (AvgIpc) is 2.26. The average molecular weight is 224 g/mol. The molecule has 4 nitrogen and oxygen atoms in total. The number of nitrogens with zero attached hydrogens (tertiary/aromatic N) is 1. The Kier molecular flexibility index (Phi) is 5.82. The Bertz CT molecular complexity index is 296. The molecule has 1 aromatic heterocycles. The zero-order chi connectivity index (χ0) is 11.8. The van der Waals surface area contributed by atoms with Gasteiger partial charge in [0.05, 0.1) is 13.2 Å². The van der Waals surface area contributed by atoms with Gasteiger partial charge in [0.15, 0.2) is 0 Å². The van der Waals surface area contributed by atoms with Crippen LogP contribution in [0.15, 0.2) is 12.3 Å². The van der Waals surface area contributed by atoms with E-state index in [1.54, 1.807) is 13.3 Å². The Morgan fingerprint density at radius 3 is 2.81 bits per heavy atom. The molecule has 0 unspecified atom stereocenters. The summed E-state index contributed by atoms with van der Waals surface area (Å²) in [6.07, 6.45) is 3.61. The van der Waals surface area contributed by atoms with Gasteiger partial charge in [-0.2, -0.15) is 0 Å². The topological polar surface area (TPSA) is 57.4 Å². The van der Waals surface area contributed by atoms with Gasteiger partial charge in [-0.25, -0.2) is 4.98 Å². The minimum atomic E-state index is 0.636. The number of anilines is 1. The largest absolute Gasteiger partial charge is 0.383 e. The number of nitrogens with two attached hydrogens (primary N) is 1. The molecule has 0 aliphatic heterocycles. The molecule has 1 rings (SSSR count). The second-order valence-electron chi connectivity index (χ2n) is 3.70. The van der Waals surface area contributed by atoms with Crippen molar-refractivity contribution in [3.63, 3.8) is 0 Å². The molecule has 0 atom stereocenters. The van der Waals surface area contributed by atoms with Crippen molar-refractivity contribution >= 4 is 5.82 Å². The second kappa shape index (κ2) is 7.19. The molecule has 1 aromatic rings. The zero-order valence-electron chi connectivity index (χ0n) is 10.0. The third kappa shape index (κ3) is 4.16. The highest BCUT2D eigenvalue weighted by atomic mass is 16.5. The zero-order valence-corrected chi connectivity index (χ0v) is 10.0. The maximum atomic E-state index is 5.81. The van der Waals surface area contributed by atoms with Gasteiger partial charge >= 0.3 is 0 Å². The van der Waals surface area contributed by atoms with Crippen molar-refractivity contribution in [3.8, 4) is 0 Å². The summed E-state index contributed by atoms with van der Waals surface area (Å²) < 4.78 is 10.3. The van der Waals surface area contributed by atoms with Gasteiger partial charge < -0.3 is 15.2 Å². The molecule has 0 saturated heterocycles. The summed E-state index contributed by atoms with van der Waals surface area (Å²) in [4.78, 5) is 4.09. The molecular weight excluding hydrogens is 204 g/mol. The van der Waals surface area contributed by atoms with Crippen molar-refractivity contribution in [2.45, 2.75) is 19.8 Å². The van der Waals surface area contributed by atoms with Gasteiger partial charge in [0, 0.05) is 19.9 Å². The van der Waals surface area contributed by atoms with Crippen LogP contribution < -0.4 is 5.73 Å². The van der Waals surface area contributed by atoms with E-state index in [1.807, 2.05) is 6.07 Å². The first-order chi connectivity index (χ1) is 7.75. The van der Waals surface area contributed by atoms with Crippen LogP contribution in [0.5, 0.6) is 0 Å². The van der Waals surface area contributed by atoms with Crippen LogP contribution in [0, 0.1) is 6.92 Å². The standard InChI is InChI=1S/C12H20N2O2/c1-10-5-6-14-12(13)11(10)4-3-7-16-9-8-15-2/h5-6H,3-4,7-9H2,1-2H3,(H2,13,14). The number of ether oxygens (including phenoxy) is 2. The number of aromatic nitrogens is 1. The summed E-state index contributed by atoms with van der Waals surface area (Å²) in [5, 5.41) is 0. The molecule has 0 saturated carbocycles. The van der Waals surface area contributed by atoms with Crippen molar-refractivity contribution in [2.75, 3.05) is 32.7 Å². The molecule has 1 heterocycles. The van der Waals surface area contributed by atoms with Gasteiger partial charge in [-0.3, -0.25) is 0 Å². The third-order valence-corrected chi connectivity index (χ3v) is 2.47. The SMILES string of the molecule is COCCOCCCc1c(C)ccnc1N. The first kappa shape index (κ1) is 12.9. The number of pyridine rings is 1. The monoisotopic (exact) mass is 224 g/mol. The molecule has 0 spiro atoms. The molecule has 0 aliphatic rings. The lowest BCUT2D eigenvalue weighted by Crippen LogP contribution is -2.05. The van der Waals surface area contributed by atoms with Crippen LogP contribution in [0.3, 0.4) is 0 Å². The molecular formula is C12H20N2O2. The number of aryl methyl sites for hydroxylation is 1. The highest BCUT2D eigenvalue weighted by Gasteiger charge is 2.03. The van der Waals surface area contributed by atoms with E-state index in [0.717, 1.165) is 25.0 Å². The quantitative estimate of drug-likeness (QED) is 0.714. The van der Waals surface area contributed by atoms with Crippen LogP contribution in [0.2, 0.25) is 0 Å². The summed E-state index contributed by atoms with van der Waals surface area (Å²) in [5.41, 5.74) is 8.15. The number of rotatable bonds is 7. The lowest BCUT2D eigenvalue weighted by atomic mass is 10.1. The van der Waals surface area contributed by atoms with Crippen molar-refractivity contribution in [1.82, 2.24) is 4.98 Å². The van der Waals surface area contributed by atoms with E-state index in [2.05, 4.69) is 11.9 Å². The summed E-state index contributed by atoms with van der Waals surface area (Å²) in [7, 11) is 1.67. The van der Waals surface area contributed by atoms with Crippen LogP contribution in [-0.2, 0) is 15.9 Å². The number of methoxy groups -OCH3 is 1. The Labute approximate surface area is 96.8 Å². The smallest absolute Gasteiger partial charge is 0.126 e. The summed E-state index contributed by atoms with van der Waals surface area (Å²) >= 11 is 0. The van der Waals surface area contributed by atoms with E-state index in [0.29, 0.717) is 19.0 Å². The molecule has 0 aliphatic carbocycles. The normalized spacial score (nSPS) is 10.6. The first-order valence-electron chi connectivity index (χ1n) is 5.52. The number of nitrogen functional groups attached to an aromatic ring is 1. The van der Waals surface area contributed by atoms with Gasteiger partial charge in [0.2, 0.25) is 0 Å². The Hall–Kier alpha value is -1.13. The van der Waals surface area contributed by atoms with Gasteiger partial charge in [0.25, 0.3) is 0 Å². The molecule has 0 amide bonds. The molecule has 0 fully saturated rings. The molecule has 16 heavy (non-hydrogen) atoms. The maximum Gasteiger partial charge on any atom is 0.126 e. The summed E-state index contributed by atoms with van der Waals surface area (Å²) in [6.45, 7) is 4.09. The molecule has 0 radical (unpaired) electrons. The van der Waals surface area contributed by atoms with E-state index in [9.17, 15) is 0 Å². The Morgan fingerprint density at radius 1 is 1.31 bits per heavy atom. The number of hydrogen-bond acceptors (Lipinski definition) is 4. The van der Waals surface area contributed by atoms with Crippen LogP contribution in [-0.4, -0.2) is 31.9 Å². The maximum absolute atomic E-state index is 5.81. The highest BCUT2D eigenvalue weighted by Crippen LogP contribution is 2.15. The summed E-state index contributed by atoms with van der Waals surface area (Å²) in [5.74, 6) is 0.636. The Morgan fingerprint density at radius 2 is 2.12 bits per heavy atom. The minimum Gasteiger partial charge on any atom is -0.383 e. The van der Waals surface area contributed by atoms with Crippen LogP contribution in [0.4, 0.5) is 5.82 Å². The minimum absolute atomic E-state index is 0.636. The molecule has 4 heteroatoms. The van der Waals surface area contributed by atoms with Crippen LogP contribution in [0.1, 0.15) is 17.5 Å². The molecule has 0 bridgehead atoms. The van der Waals surface area contributed by atoms with Gasteiger partial charge in [0.1, 0.15) is 5.82 Å². The Balaban J connectivity index is 2.26. The first-order valence-corrected chi connectivity index (χ1v) is 5.52. The van der Waals surface area contributed by atoms with Crippen molar-refractivity contribution in [1.29, 1.82) is 0 Å². The molecule has 90 valence electrons.